The summed E-state index contributed by atoms with van der Waals surface area (Å²) in [7, 11) is -1.84. The van der Waals surface area contributed by atoms with Gasteiger partial charge in [-0.15, -0.1) is 0 Å². The van der Waals surface area contributed by atoms with Crippen molar-refractivity contribution in [3.05, 3.63) is 53.3 Å². The summed E-state index contributed by atoms with van der Waals surface area (Å²) in [6, 6.07) is 8.35. The van der Waals surface area contributed by atoms with Crippen LogP contribution in [0.5, 0.6) is 5.75 Å². The number of fused-ring (bicyclic) bond motifs is 3. The maximum Gasteiger partial charge on any atom is 0.282 e. The molecule has 1 aliphatic rings. The zero-order chi connectivity index (χ0) is 20.1. The SMILES string of the molecule is COc1ccc2c(c1)CCc1c(C(F)F)nn(-c3ccc(S(C)(=O)=O)cn3)c1-2. The van der Waals surface area contributed by atoms with Crippen molar-refractivity contribution in [3.63, 3.8) is 0 Å². The zero-order valence-corrected chi connectivity index (χ0v) is 16.0. The molecule has 146 valence electrons. The molecule has 28 heavy (non-hydrogen) atoms. The summed E-state index contributed by atoms with van der Waals surface area (Å²) < 4.78 is 57.2. The van der Waals surface area contributed by atoms with Crippen LogP contribution in [-0.4, -0.2) is 36.5 Å². The van der Waals surface area contributed by atoms with E-state index in [2.05, 4.69) is 10.1 Å². The van der Waals surface area contributed by atoms with Crippen LogP contribution < -0.4 is 4.74 Å². The van der Waals surface area contributed by atoms with Gasteiger partial charge in [-0.05, 0) is 48.7 Å². The van der Waals surface area contributed by atoms with Gasteiger partial charge in [0.1, 0.15) is 11.4 Å². The van der Waals surface area contributed by atoms with Crippen molar-refractivity contribution in [2.45, 2.75) is 24.2 Å². The van der Waals surface area contributed by atoms with E-state index < -0.39 is 16.3 Å². The molecule has 0 unspecified atom stereocenters. The Hall–Kier alpha value is -2.81. The minimum atomic E-state index is -3.41. The summed E-state index contributed by atoms with van der Waals surface area (Å²) in [6.45, 7) is 0. The quantitative estimate of drug-likeness (QED) is 0.665. The van der Waals surface area contributed by atoms with Gasteiger partial charge >= 0.3 is 0 Å². The van der Waals surface area contributed by atoms with Crippen LogP contribution >= 0.6 is 0 Å². The van der Waals surface area contributed by atoms with Crippen molar-refractivity contribution in [1.82, 2.24) is 14.8 Å². The maximum atomic E-state index is 13.6. The van der Waals surface area contributed by atoms with Crippen LogP contribution in [-0.2, 0) is 22.7 Å². The van der Waals surface area contributed by atoms with Crippen molar-refractivity contribution >= 4 is 9.84 Å². The molecule has 3 aromatic rings. The van der Waals surface area contributed by atoms with E-state index in [4.69, 9.17) is 4.74 Å². The van der Waals surface area contributed by atoms with Gasteiger partial charge in [0.15, 0.2) is 15.7 Å². The number of hydrogen-bond donors (Lipinski definition) is 0. The van der Waals surface area contributed by atoms with Gasteiger partial charge in [-0.25, -0.2) is 26.9 Å². The summed E-state index contributed by atoms with van der Waals surface area (Å²) in [5.74, 6) is 0.970. The van der Waals surface area contributed by atoms with Crippen molar-refractivity contribution < 1.29 is 21.9 Å². The lowest BCUT2D eigenvalue weighted by Gasteiger charge is -2.19. The first-order chi connectivity index (χ1) is 13.3. The number of sulfone groups is 1. The minimum Gasteiger partial charge on any atom is -0.497 e. The number of alkyl halides is 2. The Labute approximate surface area is 160 Å². The minimum absolute atomic E-state index is 0.0523. The molecule has 0 amide bonds. The molecule has 0 radical (unpaired) electrons. The van der Waals surface area contributed by atoms with Gasteiger partial charge in [-0.2, -0.15) is 5.10 Å². The third kappa shape index (κ3) is 3.05. The molecule has 6 nitrogen and oxygen atoms in total. The summed E-state index contributed by atoms with van der Waals surface area (Å²) in [5.41, 5.74) is 2.53. The highest BCUT2D eigenvalue weighted by molar-refractivity contribution is 7.90. The number of rotatable bonds is 4. The maximum absolute atomic E-state index is 13.6. The van der Waals surface area contributed by atoms with Gasteiger partial charge < -0.3 is 4.74 Å². The molecule has 9 heteroatoms. The molecule has 0 saturated carbocycles. The second-order valence-corrected chi connectivity index (χ2v) is 8.59. The fraction of sp³-hybridized carbons (Fsp3) is 0.263. The Kier molecular flexibility index (Phi) is 4.41. The predicted molar refractivity (Wildman–Crippen MR) is 98.8 cm³/mol. The summed E-state index contributed by atoms with van der Waals surface area (Å²) >= 11 is 0. The first-order valence-corrected chi connectivity index (χ1v) is 10.4. The Bertz CT molecular complexity index is 1160. The van der Waals surface area contributed by atoms with E-state index >= 15 is 0 Å². The number of nitrogens with zero attached hydrogens (tertiary/aromatic N) is 3. The molecule has 0 atom stereocenters. The molecule has 1 aliphatic carbocycles. The molecule has 0 aliphatic heterocycles. The molecular formula is C19H17F2N3O3S. The van der Waals surface area contributed by atoms with Crippen LogP contribution in [0.4, 0.5) is 8.78 Å². The third-order valence-corrected chi connectivity index (χ3v) is 5.90. The lowest BCUT2D eigenvalue weighted by molar-refractivity contribution is 0.144. The molecule has 2 aromatic heterocycles. The molecule has 0 saturated heterocycles. The first-order valence-electron chi connectivity index (χ1n) is 8.53. The number of hydrogen-bond acceptors (Lipinski definition) is 5. The lowest BCUT2D eigenvalue weighted by Crippen LogP contribution is -2.09. The van der Waals surface area contributed by atoms with E-state index in [0.717, 1.165) is 17.4 Å². The van der Waals surface area contributed by atoms with Crippen LogP contribution in [0.3, 0.4) is 0 Å². The fourth-order valence-electron chi connectivity index (χ4n) is 3.44. The normalized spacial score (nSPS) is 13.3. The standard InChI is InChI=1S/C19H17F2N3O3S/c1-27-12-4-7-14-11(9-12)3-6-15-17(19(20)21)23-24(18(14)15)16-8-5-13(10-22-16)28(2,25)26/h4-5,7-10,19H,3,6H2,1-2H3. The average Bonchev–Trinajstić information content (AvgIpc) is 3.07. The third-order valence-electron chi connectivity index (χ3n) is 4.80. The highest BCUT2D eigenvalue weighted by atomic mass is 32.2. The molecule has 0 bridgehead atoms. The van der Waals surface area contributed by atoms with E-state index in [1.54, 1.807) is 13.2 Å². The van der Waals surface area contributed by atoms with E-state index in [1.165, 1.54) is 23.0 Å². The van der Waals surface area contributed by atoms with Gasteiger partial charge in [0.25, 0.3) is 6.43 Å². The van der Waals surface area contributed by atoms with Crippen LogP contribution in [0.2, 0.25) is 0 Å². The van der Waals surface area contributed by atoms with Gasteiger partial charge in [0.05, 0.1) is 17.7 Å². The van der Waals surface area contributed by atoms with Gasteiger partial charge in [0.2, 0.25) is 0 Å². The van der Waals surface area contributed by atoms with E-state index in [9.17, 15) is 17.2 Å². The Balaban J connectivity index is 1.92. The summed E-state index contributed by atoms with van der Waals surface area (Å²) in [5, 5.41) is 4.12. The van der Waals surface area contributed by atoms with E-state index in [-0.39, 0.29) is 16.4 Å². The zero-order valence-electron chi connectivity index (χ0n) is 15.2. The Morgan fingerprint density at radius 3 is 2.57 bits per heavy atom. The number of ether oxygens (including phenoxy) is 1. The van der Waals surface area contributed by atoms with Crippen LogP contribution in [0.25, 0.3) is 17.1 Å². The number of aromatic nitrogens is 3. The molecule has 0 spiro atoms. The molecule has 2 heterocycles. The lowest BCUT2D eigenvalue weighted by atomic mass is 9.88. The first kappa shape index (κ1) is 18.5. The number of aryl methyl sites for hydroxylation is 1. The molecule has 1 aromatic carbocycles. The average molecular weight is 405 g/mol. The second kappa shape index (κ2) is 6.66. The van der Waals surface area contributed by atoms with Crippen molar-refractivity contribution in [3.8, 4) is 22.8 Å². The second-order valence-electron chi connectivity index (χ2n) is 6.57. The number of benzene rings is 1. The highest BCUT2D eigenvalue weighted by Crippen LogP contribution is 2.40. The van der Waals surface area contributed by atoms with E-state index in [1.807, 2.05) is 12.1 Å². The Morgan fingerprint density at radius 1 is 1.18 bits per heavy atom. The molecule has 0 fully saturated rings. The van der Waals surface area contributed by atoms with Crippen molar-refractivity contribution in [1.29, 1.82) is 0 Å². The van der Waals surface area contributed by atoms with Gasteiger partial charge in [-0.1, -0.05) is 0 Å². The highest BCUT2D eigenvalue weighted by Gasteiger charge is 2.30. The van der Waals surface area contributed by atoms with E-state index in [0.29, 0.717) is 29.8 Å². The molecule has 0 N–H and O–H groups in total. The number of halogens is 2. The number of pyridine rings is 1. The van der Waals surface area contributed by atoms with Crippen LogP contribution in [0.1, 0.15) is 23.2 Å². The predicted octanol–water partition coefficient (Wildman–Crippen LogP) is 3.38. The van der Waals surface area contributed by atoms with Crippen LogP contribution in [0.15, 0.2) is 41.4 Å². The summed E-state index contributed by atoms with van der Waals surface area (Å²) in [4.78, 5) is 4.21. The molecule has 4 rings (SSSR count). The fourth-order valence-corrected chi connectivity index (χ4v) is 4.00. The summed E-state index contributed by atoms with van der Waals surface area (Å²) in [6.07, 6.45) is 0.600. The monoisotopic (exact) mass is 405 g/mol. The number of methoxy groups -OCH3 is 1. The topological polar surface area (TPSA) is 74.1 Å². The Morgan fingerprint density at radius 2 is 1.96 bits per heavy atom. The van der Waals surface area contributed by atoms with Crippen molar-refractivity contribution in [2.75, 3.05) is 13.4 Å². The van der Waals surface area contributed by atoms with Gasteiger partial charge in [-0.3, -0.25) is 0 Å². The largest absolute Gasteiger partial charge is 0.497 e. The molecular weight excluding hydrogens is 388 g/mol. The van der Waals surface area contributed by atoms with Gasteiger partial charge in [0, 0.05) is 23.6 Å². The van der Waals surface area contributed by atoms with Crippen molar-refractivity contribution in [2.24, 2.45) is 0 Å². The smallest absolute Gasteiger partial charge is 0.282 e. The van der Waals surface area contributed by atoms with Crippen LogP contribution in [0, 0.1) is 0 Å².